The van der Waals surface area contributed by atoms with E-state index in [4.69, 9.17) is 10.5 Å². The Morgan fingerprint density at radius 3 is 2.30 bits per heavy atom. The van der Waals surface area contributed by atoms with Gasteiger partial charge in [0, 0.05) is 39.3 Å². The summed E-state index contributed by atoms with van der Waals surface area (Å²) in [5.74, 6) is 1.16. The van der Waals surface area contributed by atoms with Crippen molar-refractivity contribution in [1.29, 1.82) is 0 Å². The molecular formula is C17H36N4O2. The summed E-state index contributed by atoms with van der Waals surface area (Å²) in [6.45, 7) is 17.1. The van der Waals surface area contributed by atoms with Crippen LogP contribution in [-0.4, -0.2) is 73.9 Å². The number of amides is 1. The molecule has 0 radical (unpaired) electrons. The molecule has 0 aromatic carbocycles. The van der Waals surface area contributed by atoms with E-state index in [2.05, 4.69) is 24.1 Å². The van der Waals surface area contributed by atoms with Crippen molar-refractivity contribution >= 4 is 6.09 Å². The monoisotopic (exact) mass is 328 g/mol. The van der Waals surface area contributed by atoms with Gasteiger partial charge < -0.3 is 20.7 Å². The molecule has 6 nitrogen and oxygen atoms in total. The number of carbonyl (C=O) groups excluding carboxylic acids is 1. The Bertz CT molecular complexity index is 347. The molecule has 0 aromatic rings. The maximum atomic E-state index is 12.0. The third-order valence-electron chi connectivity index (χ3n) is 4.28. The van der Waals surface area contributed by atoms with Crippen molar-refractivity contribution in [1.82, 2.24) is 15.1 Å². The standard InChI is InChI=1S/C17H36N4O2/c1-14(2)15(12-18)13-19-6-7-20-8-10-21(11-9-20)16(22)23-17(3,4)5/h14-15,19H,6-13,18H2,1-5H3. The molecule has 1 unspecified atom stereocenters. The largest absolute Gasteiger partial charge is 0.444 e. The minimum Gasteiger partial charge on any atom is -0.444 e. The third-order valence-corrected chi connectivity index (χ3v) is 4.28. The van der Waals surface area contributed by atoms with Crippen LogP contribution >= 0.6 is 0 Å². The number of nitrogens with one attached hydrogen (secondary N) is 1. The van der Waals surface area contributed by atoms with Crippen molar-refractivity contribution in [3.8, 4) is 0 Å². The lowest BCUT2D eigenvalue weighted by Gasteiger charge is -2.35. The molecule has 6 heteroatoms. The zero-order valence-corrected chi connectivity index (χ0v) is 15.6. The topological polar surface area (TPSA) is 70.8 Å². The first-order valence-corrected chi connectivity index (χ1v) is 8.84. The highest BCUT2D eigenvalue weighted by Crippen LogP contribution is 2.11. The molecule has 23 heavy (non-hydrogen) atoms. The summed E-state index contributed by atoms with van der Waals surface area (Å²) in [6.07, 6.45) is -0.196. The van der Waals surface area contributed by atoms with Gasteiger partial charge in [0.15, 0.2) is 0 Å². The van der Waals surface area contributed by atoms with Gasteiger partial charge in [0.1, 0.15) is 5.60 Å². The molecule has 0 saturated carbocycles. The van der Waals surface area contributed by atoms with Crippen LogP contribution in [0.25, 0.3) is 0 Å². The van der Waals surface area contributed by atoms with Crippen LogP contribution in [-0.2, 0) is 4.74 Å². The van der Waals surface area contributed by atoms with Crippen LogP contribution in [0.5, 0.6) is 0 Å². The highest BCUT2D eigenvalue weighted by atomic mass is 16.6. The molecular weight excluding hydrogens is 292 g/mol. The van der Waals surface area contributed by atoms with Gasteiger partial charge in [-0.2, -0.15) is 0 Å². The highest BCUT2D eigenvalue weighted by Gasteiger charge is 2.25. The third kappa shape index (κ3) is 7.99. The van der Waals surface area contributed by atoms with Gasteiger partial charge in [0.2, 0.25) is 0 Å². The highest BCUT2D eigenvalue weighted by molar-refractivity contribution is 5.68. The summed E-state index contributed by atoms with van der Waals surface area (Å²) < 4.78 is 5.42. The Labute approximate surface area is 141 Å². The van der Waals surface area contributed by atoms with E-state index in [1.807, 2.05) is 20.8 Å². The van der Waals surface area contributed by atoms with Crippen molar-refractivity contribution in [2.45, 2.75) is 40.2 Å². The molecule has 1 fully saturated rings. The predicted molar refractivity (Wildman–Crippen MR) is 94.5 cm³/mol. The Morgan fingerprint density at radius 2 is 1.83 bits per heavy atom. The van der Waals surface area contributed by atoms with Gasteiger partial charge in [-0.1, -0.05) is 13.8 Å². The van der Waals surface area contributed by atoms with E-state index < -0.39 is 5.60 Å². The van der Waals surface area contributed by atoms with Crippen LogP contribution in [0.2, 0.25) is 0 Å². The van der Waals surface area contributed by atoms with E-state index in [1.54, 1.807) is 4.90 Å². The first-order valence-electron chi connectivity index (χ1n) is 8.84. The van der Waals surface area contributed by atoms with Gasteiger partial charge >= 0.3 is 6.09 Å². The fourth-order valence-corrected chi connectivity index (χ4v) is 2.60. The number of carbonyl (C=O) groups is 1. The van der Waals surface area contributed by atoms with Crippen LogP contribution in [0.3, 0.4) is 0 Å². The van der Waals surface area contributed by atoms with E-state index in [-0.39, 0.29) is 6.09 Å². The second kappa shape index (κ2) is 9.45. The molecule has 3 N–H and O–H groups in total. The van der Waals surface area contributed by atoms with Crippen LogP contribution in [0.1, 0.15) is 34.6 Å². The fourth-order valence-electron chi connectivity index (χ4n) is 2.60. The van der Waals surface area contributed by atoms with Crippen LogP contribution in [0.15, 0.2) is 0 Å². The van der Waals surface area contributed by atoms with Crippen molar-refractivity contribution in [2.24, 2.45) is 17.6 Å². The lowest BCUT2D eigenvalue weighted by molar-refractivity contribution is 0.0146. The molecule has 0 aromatic heterocycles. The Kier molecular flexibility index (Phi) is 8.29. The average molecular weight is 329 g/mol. The van der Waals surface area contributed by atoms with Crippen molar-refractivity contribution < 1.29 is 9.53 Å². The Morgan fingerprint density at radius 1 is 1.22 bits per heavy atom. The molecule has 0 aliphatic carbocycles. The number of hydrogen-bond donors (Lipinski definition) is 2. The number of rotatable bonds is 7. The minimum absolute atomic E-state index is 0.196. The number of nitrogens with zero attached hydrogens (tertiary/aromatic N) is 2. The Hall–Kier alpha value is -0.850. The van der Waals surface area contributed by atoms with Gasteiger partial charge in [-0.15, -0.1) is 0 Å². The molecule has 0 spiro atoms. The molecule has 1 aliphatic rings. The fraction of sp³-hybridized carbons (Fsp3) is 0.941. The van der Waals surface area contributed by atoms with E-state index in [0.717, 1.165) is 52.4 Å². The van der Waals surface area contributed by atoms with Crippen molar-refractivity contribution in [3.63, 3.8) is 0 Å². The molecule has 1 heterocycles. The Balaban J connectivity index is 2.18. The lowest BCUT2D eigenvalue weighted by Crippen LogP contribution is -2.51. The number of piperazine rings is 1. The summed E-state index contributed by atoms with van der Waals surface area (Å²) in [4.78, 5) is 16.2. The normalized spacial score (nSPS) is 18.3. The van der Waals surface area contributed by atoms with Gasteiger partial charge in [-0.05, 0) is 45.7 Å². The molecule has 1 atom stereocenters. The molecule has 1 amide bonds. The second-order valence-electron chi connectivity index (χ2n) is 7.75. The van der Waals surface area contributed by atoms with Gasteiger partial charge in [-0.25, -0.2) is 4.79 Å². The second-order valence-corrected chi connectivity index (χ2v) is 7.75. The molecule has 1 rings (SSSR count). The summed E-state index contributed by atoms with van der Waals surface area (Å²) >= 11 is 0. The maximum absolute atomic E-state index is 12.0. The van der Waals surface area contributed by atoms with Crippen LogP contribution < -0.4 is 11.1 Å². The predicted octanol–water partition coefficient (Wildman–Crippen LogP) is 1.36. The molecule has 1 aliphatic heterocycles. The van der Waals surface area contributed by atoms with E-state index in [0.29, 0.717) is 11.8 Å². The van der Waals surface area contributed by atoms with Crippen LogP contribution in [0, 0.1) is 11.8 Å². The number of hydrogen-bond acceptors (Lipinski definition) is 5. The van der Waals surface area contributed by atoms with E-state index in [1.165, 1.54) is 0 Å². The summed E-state index contributed by atoms with van der Waals surface area (Å²) in [7, 11) is 0. The average Bonchev–Trinajstić information content (AvgIpc) is 2.45. The van der Waals surface area contributed by atoms with Crippen LogP contribution in [0.4, 0.5) is 4.79 Å². The molecule has 1 saturated heterocycles. The van der Waals surface area contributed by atoms with E-state index in [9.17, 15) is 4.79 Å². The summed E-state index contributed by atoms with van der Waals surface area (Å²) in [5, 5.41) is 3.50. The maximum Gasteiger partial charge on any atom is 0.410 e. The van der Waals surface area contributed by atoms with Gasteiger partial charge in [-0.3, -0.25) is 4.90 Å². The number of nitrogens with two attached hydrogens (primary N) is 1. The van der Waals surface area contributed by atoms with E-state index >= 15 is 0 Å². The van der Waals surface area contributed by atoms with Crippen molar-refractivity contribution in [3.05, 3.63) is 0 Å². The molecule has 0 bridgehead atoms. The summed E-state index contributed by atoms with van der Waals surface area (Å²) in [5.41, 5.74) is 5.36. The van der Waals surface area contributed by atoms with Gasteiger partial charge in [0.25, 0.3) is 0 Å². The quantitative estimate of drug-likeness (QED) is 0.691. The first kappa shape index (κ1) is 20.2. The lowest BCUT2D eigenvalue weighted by atomic mass is 9.96. The summed E-state index contributed by atoms with van der Waals surface area (Å²) in [6, 6.07) is 0. The zero-order valence-electron chi connectivity index (χ0n) is 15.6. The molecule has 136 valence electrons. The zero-order chi connectivity index (χ0) is 17.5. The first-order chi connectivity index (χ1) is 10.7. The van der Waals surface area contributed by atoms with Gasteiger partial charge in [0.05, 0.1) is 0 Å². The minimum atomic E-state index is -0.423. The smallest absolute Gasteiger partial charge is 0.410 e. The number of ether oxygens (including phenoxy) is 1. The SMILES string of the molecule is CC(C)C(CN)CNCCN1CCN(C(=O)OC(C)(C)C)CC1. The van der Waals surface area contributed by atoms with Crippen molar-refractivity contribution in [2.75, 3.05) is 52.4 Å².